The van der Waals surface area contributed by atoms with Crippen LogP contribution in [0, 0.1) is 0 Å². The number of halogens is 4. The summed E-state index contributed by atoms with van der Waals surface area (Å²) in [6, 6.07) is 0.741. The fourth-order valence-corrected chi connectivity index (χ4v) is 6.45. The molecule has 0 N–H and O–H groups in total. The number of unbranched alkanes of at least 4 members (excludes halogenated alkanes) is 2. The molecular weight excluding hydrogens is 360 g/mol. The first-order valence-corrected chi connectivity index (χ1v) is 14.6. The molecule has 0 unspecified atom stereocenters. The Morgan fingerprint density at radius 1 is 0.792 bits per heavy atom. The summed E-state index contributed by atoms with van der Waals surface area (Å²) in [5.74, 6) is -2.59. The second-order valence-electron chi connectivity index (χ2n) is 7.29. The van der Waals surface area contributed by atoms with Gasteiger partial charge < -0.3 is 8.85 Å². The molecule has 0 aromatic heterocycles. The first-order chi connectivity index (χ1) is 10.7. The number of rotatable bonds is 12. The maximum Gasteiger partial charge on any atom is 0.416 e. The lowest BCUT2D eigenvalue weighted by Gasteiger charge is -2.32. The lowest BCUT2D eigenvalue weighted by atomic mass is 10.3. The molecule has 144 valence electrons. The van der Waals surface area contributed by atoms with E-state index in [1.54, 1.807) is 0 Å². The minimum Gasteiger partial charge on any atom is -0.356 e. The normalized spacial score (nSPS) is 14.1. The van der Waals surface area contributed by atoms with Crippen LogP contribution in [0.2, 0.25) is 38.3 Å². The van der Waals surface area contributed by atoms with E-state index >= 15 is 0 Å². The number of ketones is 1. The van der Waals surface area contributed by atoms with E-state index in [1.807, 2.05) is 13.8 Å². The third kappa shape index (κ3) is 8.22. The lowest BCUT2D eigenvalue weighted by molar-refractivity contribution is -0.247. The highest BCUT2D eigenvalue weighted by Crippen LogP contribution is 2.35. The summed E-state index contributed by atoms with van der Waals surface area (Å²) in [6.07, 6.45) is -6.24. The Morgan fingerprint density at radius 3 is 1.33 bits per heavy atom. The third-order valence-corrected chi connectivity index (χ3v) is 8.34. The van der Waals surface area contributed by atoms with E-state index in [9.17, 15) is 22.4 Å². The van der Waals surface area contributed by atoms with E-state index in [4.69, 9.17) is 0 Å². The Labute approximate surface area is 144 Å². The average molecular weight is 391 g/mol. The smallest absolute Gasteiger partial charge is 0.356 e. The van der Waals surface area contributed by atoms with E-state index < -0.39 is 34.6 Å². The molecule has 0 aromatic carbocycles. The minimum atomic E-state index is -4.54. The van der Waals surface area contributed by atoms with Crippen LogP contribution in [0.3, 0.4) is 0 Å². The lowest BCUT2D eigenvalue weighted by Crippen LogP contribution is -2.54. The Hall–Kier alpha value is -0.256. The first kappa shape index (κ1) is 23.7. The Bertz CT molecular complexity index is 380. The van der Waals surface area contributed by atoms with Gasteiger partial charge in [0, 0.05) is 0 Å². The molecule has 0 saturated carbocycles. The molecule has 0 atom stereocenters. The maximum atomic E-state index is 14.0. The fourth-order valence-electron chi connectivity index (χ4n) is 2.26. The molecule has 0 aliphatic rings. The zero-order valence-electron chi connectivity index (χ0n) is 15.5. The van der Waals surface area contributed by atoms with Gasteiger partial charge >= 0.3 is 18.0 Å². The van der Waals surface area contributed by atoms with Gasteiger partial charge in [0.25, 0.3) is 0 Å². The van der Waals surface area contributed by atoms with Crippen molar-refractivity contribution in [1.29, 1.82) is 0 Å². The van der Waals surface area contributed by atoms with Crippen LogP contribution in [0.15, 0.2) is 0 Å². The topological polar surface area (TPSA) is 35.5 Å². The van der Waals surface area contributed by atoms with E-state index in [0.29, 0.717) is 24.9 Å². The number of hydrogen-bond donors (Lipinski definition) is 0. The van der Waals surface area contributed by atoms with Crippen molar-refractivity contribution in [3.05, 3.63) is 0 Å². The van der Waals surface area contributed by atoms with Gasteiger partial charge in [-0.05, 0) is 38.3 Å². The van der Waals surface area contributed by atoms with Crippen molar-refractivity contribution in [1.82, 2.24) is 0 Å². The van der Waals surface area contributed by atoms with Crippen molar-refractivity contribution in [2.45, 2.75) is 90.0 Å². The summed E-state index contributed by atoms with van der Waals surface area (Å²) in [6.45, 7) is 9.73. The van der Waals surface area contributed by atoms with Crippen LogP contribution >= 0.6 is 0 Å². The van der Waals surface area contributed by atoms with Gasteiger partial charge in [0.05, 0.1) is 0 Å². The second-order valence-corrected chi connectivity index (χ2v) is 15.7. The first-order valence-electron chi connectivity index (χ1n) is 8.40. The summed E-state index contributed by atoms with van der Waals surface area (Å²) >= 11 is 0. The average Bonchev–Trinajstić information content (AvgIpc) is 2.40. The molecule has 0 aliphatic carbocycles. The van der Waals surface area contributed by atoms with E-state index in [-0.39, 0.29) is 0 Å². The van der Waals surface area contributed by atoms with Crippen LogP contribution in [0.5, 0.6) is 0 Å². The molecular formula is C15H30F4O3Si2. The summed E-state index contributed by atoms with van der Waals surface area (Å²) in [7, 11) is -5.86. The van der Waals surface area contributed by atoms with E-state index in [0.717, 1.165) is 12.8 Å². The van der Waals surface area contributed by atoms with Gasteiger partial charge in [0.2, 0.25) is 0 Å². The Morgan fingerprint density at radius 2 is 1.08 bits per heavy atom. The summed E-state index contributed by atoms with van der Waals surface area (Å²) in [5.41, 5.74) is 0. The number of carbonyl (C=O) groups is 1. The van der Waals surface area contributed by atoms with Gasteiger partial charge in [0.15, 0.2) is 16.6 Å². The molecule has 0 bridgehead atoms. The monoisotopic (exact) mass is 390 g/mol. The number of alkyl halides is 4. The fraction of sp³-hybridized carbons (Fsp3) is 0.933. The summed E-state index contributed by atoms with van der Waals surface area (Å²) < 4.78 is 65.1. The summed E-state index contributed by atoms with van der Waals surface area (Å²) in [4.78, 5) is 11.7. The predicted molar refractivity (Wildman–Crippen MR) is 91.5 cm³/mol. The maximum absolute atomic E-state index is 14.0. The van der Waals surface area contributed by atoms with Gasteiger partial charge in [-0.3, -0.25) is 4.79 Å². The SMILES string of the molecule is CCCC[Si](C)(C)OC(F)(F)C(=O)C(F)(F)O[Si](C)(C)CCCC. The van der Waals surface area contributed by atoms with Gasteiger partial charge in [-0.2, -0.15) is 17.6 Å². The minimum absolute atomic E-state index is 0.371. The van der Waals surface area contributed by atoms with Gasteiger partial charge in [-0.15, -0.1) is 0 Å². The van der Waals surface area contributed by atoms with Gasteiger partial charge in [0.1, 0.15) is 0 Å². The van der Waals surface area contributed by atoms with Crippen molar-refractivity contribution < 1.29 is 31.2 Å². The number of carbonyl (C=O) groups excluding carboxylic acids is 1. The molecule has 0 aliphatic heterocycles. The highest BCUT2D eigenvalue weighted by atomic mass is 28.4. The third-order valence-electron chi connectivity index (χ3n) is 3.60. The largest absolute Gasteiger partial charge is 0.416 e. The molecule has 0 aromatic rings. The van der Waals surface area contributed by atoms with E-state index in [1.165, 1.54) is 26.2 Å². The van der Waals surface area contributed by atoms with Gasteiger partial charge in [-0.25, -0.2) is 0 Å². The zero-order chi connectivity index (χ0) is 19.2. The van der Waals surface area contributed by atoms with Crippen molar-refractivity contribution in [3.63, 3.8) is 0 Å². The molecule has 0 radical (unpaired) electrons. The van der Waals surface area contributed by atoms with Crippen LogP contribution in [0.25, 0.3) is 0 Å². The molecule has 9 heteroatoms. The van der Waals surface area contributed by atoms with E-state index in [2.05, 4.69) is 8.85 Å². The molecule has 3 nitrogen and oxygen atoms in total. The molecule has 0 rings (SSSR count). The molecule has 0 saturated heterocycles. The molecule has 0 spiro atoms. The van der Waals surface area contributed by atoms with Crippen LogP contribution in [-0.4, -0.2) is 34.6 Å². The van der Waals surface area contributed by atoms with Crippen molar-refractivity contribution in [2.24, 2.45) is 0 Å². The number of Topliss-reactive ketones (excluding diaryl/α,β-unsaturated/α-hetero) is 1. The molecule has 24 heavy (non-hydrogen) atoms. The Kier molecular flexibility index (Phi) is 8.81. The molecule has 0 amide bonds. The van der Waals surface area contributed by atoms with Crippen LogP contribution in [-0.2, 0) is 13.6 Å². The highest BCUT2D eigenvalue weighted by Gasteiger charge is 2.59. The molecule has 0 fully saturated rings. The summed E-state index contributed by atoms with van der Waals surface area (Å²) in [5, 5.41) is 0. The van der Waals surface area contributed by atoms with Crippen molar-refractivity contribution in [3.8, 4) is 0 Å². The van der Waals surface area contributed by atoms with Gasteiger partial charge in [-0.1, -0.05) is 39.5 Å². The number of hydrogen-bond acceptors (Lipinski definition) is 3. The Balaban J connectivity index is 5.06. The quantitative estimate of drug-likeness (QED) is 0.313. The van der Waals surface area contributed by atoms with Crippen LogP contribution in [0.1, 0.15) is 39.5 Å². The predicted octanol–water partition coefficient (Wildman–Crippen LogP) is 5.78. The van der Waals surface area contributed by atoms with Crippen molar-refractivity contribution in [2.75, 3.05) is 0 Å². The zero-order valence-corrected chi connectivity index (χ0v) is 17.5. The standard InChI is InChI=1S/C15H30F4O3Si2/c1-7-9-11-23(3,4)21-14(16,17)13(20)15(18,19)22-24(5,6)12-10-8-2/h7-12H2,1-6H3. The second kappa shape index (κ2) is 8.91. The van der Waals surface area contributed by atoms with Crippen LogP contribution in [0.4, 0.5) is 17.6 Å². The van der Waals surface area contributed by atoms with Crippen LogP contribution < -0.4 is 0 Å². The van der Waals surface area contributed by atoms with Crippen molar-refractivity contribution >= 4 is 22.4 Å². The highest BCUT2D eigenvalue weighted by molar-refractivity contribution is 6.71. The molecule has 0 heterocycles.